The highest BCUT2D eigenvalue weighted by molar-refractivity contribution is 8.00. The fourth-order valence-electron chi connectivity index (χ4n) is 3.21. The van der Waals surface area contributed by atoms with E-state index in [4.69, 9.17) is 4.98 Å². The molecule has 1 aliphatic carbocycles. The zero-order valence-corrected chi connectivity index (χ0v) is 16.3. The average molecular weight is 383 g/mol. The van der Waals surface area contributed by atoms with E-state index in [1.54, 1.807) is 0 Å². The van der Waals surface area contributed by atoms with E-state index in [-0.39, 0.29) is 17.0 Å². The standard InChI is InChI=1S/C21H22FN3OS/c1-3-19(20(26)24-17-7-5-16(22)6-8-17)27-21-15(12-23)11-14-10-13(2)4-9-18(14)25-21/h5-8,11,13,19H,3-4,9-10H2,1-2H3,(H,24,26). The molecule has 0 fully saturated rings. The van der Waals surface area contributed by atoms with Crippen molar-refractivity contribution in [3.63, 3.8) is 0 Å². The van der Waals surface area contributed by atoms with Crippen molar-refractivity contribution in [1.82, 2.24) is 4.98 Å². The van der Waals surface area contributed by atoms with Gasteiger partial charge >= 0.3 is 0 Å². The first-order chi connectivity index (χ1) is 13.0. The number of halogens is 1. The molecule has 0 aliphatic heterocycles. The zero-order chi connectivity index (χ0) is 19.4. The maximum absolute atomic E-state index is 13.0. The van der Waals surface area contributed by atoms with Crippen LogP contribution in [0.2, 0.25) is 0 Å². The van der Waals surface area contributed by atoms with Gasteiger partial charge in [-0.25, -0.2) is 9.37 Å². The monoisotopic (exact) mass is 383 g/mol. The fourth-order valence-corrected chi connectivity index (χ4v) is 4.21. The Balaban J connectivity index is 1.78. The first-order valence-electron chi connectivity index (χ1n) is 9.16. The quantitative estimate of drug-likeness (QED) is 0.758. The van der Waals surface area contributed by atoms with E-state index in [0.717, 1.165) is 30.5 Å². The fraction of sp³-hybridized carbons (Fsp3) is 0.381. The maximum atomic E-state index is 13.0. The smallest absolute Gasteiger partial charge is 0.237 e. The maximum Gasteiger partial charge on any atom is 0.237 e. The molecule has 0 bridgehead atoms. The second-order valence-corrected chi connectivity index (χ2v) is 8.11. The lowest BCUT2D eigenvalue weighted by Gasteiger charge is -2.22. The Hall–Kier alpha value is -2.39. The van der Waals surface area contributed by atoms with E-state index in [1.807, 2.05) is 13.0 Å². The highest BCUT2D eigenvalue weighted by Crippen LogP contribution is 2.32. The van der Waals surface area contributed by atoms with Crippen molar-refractivity contribution in [3.8, 4) is 6.07 Å². The molecule has 6 heteroatoms. The lowest BCUT2D eigenvalue weighted by Crippen LogP contribution is -2.25. The van der Waals surface area contributed by atoms with Crippen molar-refractivity contribution >= 4 is 23.4 Å². The summed E-state index contributed by atoms with van der Waals surface area (Å²) in [5.74, 6) is 0.0843. The van der Waals surface area contributed by atoms with Gasteiger partial charge in [-0.15, -0.1) is 0 Å². The summed E-state index contributed by atoms with van der Waals surface area (Å²) >= 11 is 1.32. The highest BCUT2D eigenvalue weighted by Gasteiger charge is 2.24. The van der Waals surface area contributed by atoms with Crippen molar-refractivity contribution in [1.29, 1.82) is 5.26 Å². The molecule has 2 aromatic rings. The minimum absolute atomic E-state index is 0.175. The Morgan fingerprint density at radius 1 is 1.44 bits per heavy atom. The summed E-state index contributed by atoms with van der Waals surface area (Å²) in [5, 5.41) is 12.6. The van der Waals surface area contributed by atoms with Gasteiger partial charge < -0.3 is 5.32 Å². The topological polar surface area (TPSA) is 65.8 Å². The molecule has 1 aliphatic rings. The lowest BCUT2D eigenvalue weighted by molar-refractivity contribution is -0.115. The van der Waals surface area contributed by atoms with Crippen LogP contribution >= 0.6 is 11.8 Å². The Morgan fingerprint density at radius 2 is 2.19 bits per heavy atom. The van der Waals surface area contributed by atoms with Crippen LogP contribution in [0.4, 0.5) is 10.1 Å². The normalized spacial score (nSPS) is 16.9. The second-order valence-electron chi connectivity index (χ2n) is 6.92. The third kappa shape index (κ3) is 4.67. The van der Waals surface area contributed by atoms with Crippen LogP contribution in [0, 0.1) is 23.1 Å². The SMILES string of the molecule is CCC(Sc1nc2c(cc1C#N)CC(C)CC2)C(=O)Nc1ccc(F)cc1. The number of pyridine rings is 1. The Kier molecular flexibility index (Phi) is 6.12. The molecule has 0 radical (unpaired) electrons. The van der Waals surface area contributed by atoms with Crippen molar-refractivity contribution in [2.24, 2.45) is 5.92 Å². The summed E-state index contributed by atoms with van der Waals surface area (Å²) < 4.78 is 13.0. The number of nitriles is 1. The molecule has 27 heavy (non-hydrogen) atoms. The van der Waals surface area contributed by atoms with E-state index < -0.39 is 0 Å². The lowest BCUT2D eigenvalue weighted by atomic mass is 9.87. The van der Waals surface area contributed by atoms with E-state index >= 15 is 0 Å². The van der Waals surface area contributed by atoms with Crippen LogP contribution in [0.5, 0.6) is 0 Å². The largest absolute Gasteiger partial charge is 0.325 e. The molecule has 140 valence electrons. The van der Waals surface area contributed by atoms with Crippen LogP contribution in [0.1, 0.15) is 43.5 Å². The van der Waals surface area contributed by atoms with Crippen molar-refractivity contribution in [3.05, 3.63) is 53.0 Å². The number of aryl methyl sites for hydroxylation is 1. The summed E-state index contributed by atoms with van der Waals surface area (Å²) in [6.07, 6.45) is 3.55. The molecule has 4 nitrogen and oxygen atoms in total. The summed E-state index contributed by atoms with van der Waals surface area (Å²) in [4.78, 5) is 17.3. The van der Waals surface area contributed by atoms with E-state index in [9.17, 15) is 14.4 Å². The number of fused-ring (bicyclic) bond motifs is 1. The van der Waals surface area contributed by atoms with Gasteiger partial charge in [-0.05, 0) is 67.5 Å². The molecule has 1 amide bonds. The zero-order valence-electron chi connectivity index (χ0n) is 15.5. The Bertz CT molecular complexity index is 876. The van der Waals surface area contributed by atoms with Crippen molar-refractivity contribution in [2.45, 2.75) is 49.8 Å². The third-order valence-electron chi connectivity index (χ3n) is 4.75. The van der Waals surface area contributed by atoms with Gasteiger partial charge in [0.2, 0.25) is 5.91 Å². The van der Waals surface area contributed by atoms with Crippen LogP contribution in [0.3, 0.4) is 0 Å². The van der Waals surface area contributed by atoms with Gasteiger partial charge in [-0.3, -0.25) is 4.79 Å². The summed E-state index contributed by atoms with van der Waals surface area (Å²) in [7, 11) is 0. The summed E-state index contributed by atoms with van der Waals surface area (Å²) in [5.41, 5.74) is 3.27. The number of rotatable bonds is 5. The van der Waals surface area contributed by atoms with E-state index in [1.165, 1.54) is 36.0 Å². The van der Waals surface area contributed by atoms with Gasteiger partial charge in [0.15, 0.2) is 0 Å². The molecular formula is C21H22FN3OS. The van der Waals surface area contributed by atoms with Crippen molar-refractivity contribution in [2.75, 3.05) is 5.32 Å². The molecular weight excluding hydrogens is 361 g/mol. The minimum atomic E-state index is -0.379. The third-order valence-corrected chi connectivity index (χ3v) is 6.11. The number of carbonyl (C=O) groups excluding carboxylic acids is 1. The first kappa shape index (κ1) is 19.4. The van der Waals surface area contributed by atoms with E-state index in [0.29, 0.717) is 28.6 Å². The number of nitrogens with zero attached hydrogens (tertiary/aromatic N) is 2. The number of hydrogen-bond donors (Lipinski definition) is 1. The molecule has 1 aromatic carbocycles. The van der Waals surface area contributed by atoms with Crippen LogP contribution < -0.4 is 5.32 Å². The second kappa shape index (κ2) is 8.53. The molecule has 0 spiro atoms. The van der Waals surface area contributed by atoms with Crippen molar-refractivity contribution < 1.29 is 9.18 Å². The van der Waals surface area contributed by atoms with Gasteiger partial charge in [0.05, 0.1) is 10.8 Å². The number of hydrogen-bond acceptors (Lipinski definition) is 4. The van der Waals surface area contributed by atoms with Gasteiger partial charge in [0.1, 0.15) is 16.9 Å². The van der Waals surface area contributed by atoms with Crippen LogP contribution in [0.25, 0.3) is 0 Å². The number of amides is 1. The number of carbonyl (C=O) groups is 1. The number of nitrogens with one attached hydrogen (secondary N) is 1. The van der Waals surface area contributed by atoms with Gasteiger partial charge in [-0.1, -0.05) is 25.6 Å². The van der Waals surface area contributed by atoms with Gasteiger partial charge in [0, 0.05) is 11.4 Å². The Labute approximate surface area is 163 Å². The van der Waals surface area contributed by atoms with Gasteiger partial charge in [-0.2, -0.15) is 5.26 Å². The minimum Gasteiger partial charge on any atom is -0.325 e. The first-order valence-corrected chi connectivity index (χ1v) is 10.0. The van der Waals surface area contributed by atoms with Gasteiger partial charge in [0.25, 0.3) is 0 Å². The number of aromatic nitrogens is 1. The number of benzene rings is 1. The molecule has 1 N–H and O–H groups in total. The molecule has 2 unspecified atom stereocenters. The van der Waals surface area contributed by atoms with Crippen LogP contribution in [-0.2, 0) is 17.6 Å². The predicted octanol–water partition coefficient (Wildman–Crippen LogP) is 4.73. The Morgan fingerprint density at radius 3 is 2.85 bits per heavy atom. The molecule has 0 saturated carbocycles. The average Bonchev–Trinajstić information content (AvgIpc) is 2.67. The summed E-state index contributed by atoms with van der Waals surface area (Å²) in [6.45, 7) is 4.14. The molecule has 0 saturated heterocycles. The summed E-state index contributed by atoms with van der Waals surface area (Å²) in [6, 6.07) is 9.84. The van der Waals surface area contributed by atoms with Crippen LogP contribution in [-0.4, -0.2) is 16.1 Å². The molecule has 2 atom stereocenters. The van der Waals surface area contributed by atoms with Crippen LogP contribution in [0.15, 0.2) is 35.4 Å². The number of thioether (sulfide) groups is 1. The highest BCUT2D eigenvalue weighted by atomic mass is 32.2. The van der Waals surface area contributed by atoms with E-state index in [2.05, 4.69) is 18.3 Å². The number of anilines is 1. The molecule has 1 heterocycles. The molecule has 3 rings (SSSR count). The predicted molar refractivity (Wildman–Crippen MR) is 105 cm³/mol. The molecule has 1 aromatic heterocycles.